The lowest BCUT2D eigenvalue weighted by Crippen LogP contribution is -2.33. The van der Waals surface area contributed by atoms with Gasteiger partial charge in [-0.25, -0.2) is 13.1 Å². The van der Waals surface area contributed by atoms with Crippen molar-refractivity contribution in [2.45, 2.75) is 42.7 Å². The topological polar surface area (TPSA) is 81.4 Å². The van der Waals surface area contributed by atoms with Gasteiger partial charge in [0, 0.05) is 6.04 Å². The molecule has 1 saturated carbocycles. The van der Waals surface area contributed by atoms with E-state index < -0.39 is 10.0 Å². The van der Waals surface area contributed by atoms with Gasteiger partial charge >= 0.3 is 0 Å². The number of sulfonamides is 1. The summed E-state index contributed by atoms with van der Waals surface area (Å²) in [5.41, 5.74) is 5.91. The second kappa shape index (κ2) is 5.90. The molecule has 3 N–H and O–H groups in total. The Labute approximate surface area is 114 Å². The van der Waals surface area contributed by atoms with Crippen LogP contribution < -0.4 is 15.2 Å². The molecule has 1 aliphatic carbocycles. The van der Waals surface area contributed by atoms with Crippen LogP contribution in [0.4, 0.5) is 0 Å². The third kappa shape index (κ3) is 3.68. The lowest BCUT2D eigenvalue weighted by Gasteiger charge is -2.27. The summed E-state index contributed by atoms with van der Waals surface area (Å²) in [7, 11) is -1.99. The standard InChI is InChI=1S/C13H20N2O3S/c1-15-19(16,17)13-7-5-11(6-8-13)18-12-4-2-3-10(14)9-12/h5-8,10,12,15H,2-4,9,14H2,1H3. The van der Waals surface area contributed by atoms with Gasteiger partial charge in [0.1, 0.15) is 11.9 Å². The van der Waals surface area contributed by atoms with E-state index in [-0.39, 0.29) is 17.0 Å². The number of ether oxygens (including phenoxy) is 1. The van der Waals surface area contributed by atoms with Crippen molar-refractivity contribution in [3.05, 3.63) is 24.3 Å². The fraction of sp³-hybridized carbons (Fsp3) is 0.538. The molecular formula is C13H20N2O3S. The van der Waals surface area contributed by atoms with Crippen LogP contribution in [-0.2, 0) is 10.0 Å². The lowest BCUT2D eigenvalue weighted by atomic mass is 9.93. The van der Waals surface area contributed by atoms with Gasteiger partial charge in [0.15, 0.2) is 0 Å². The van der Waals surface area contributed by atoms with Crippen LogP contribution in [0.1, 0.15) is 25.7 Å². The highest BCUT2D eigenvalue weighted by Crippen LogP contribution is 2.23. The number of rotatable bonds is 4. The smallest absolute Gasteiger partial charge is 0.240 e. The van der Waals surface area contributed by atoms with Gasteiger partial charge in [-0.15, -0.1) is 0 Å². The first-order valence-electron chi connectivity index (χ1n) is 6.47. The van der Waals surface area contributed by atoms with Gasteiger partial charge in [0.05, 0.1) is 4.90 Å². The molecule has 106 valence electrons. The summed E-state index contributed by atoms with van der Waals surface area (Å²) in [4.78, 5) is 0.239. The van der Waals surface area contributed by atoms with Crippen molar-refractivity contribution in [3.63, 3.8) is 0 Å². The molecule has 5 nitrogen and oxygen atoms in total. The Morgan fingerprint density at radius 3 is 2.53 bits per heavy atom. The van der Waals surface area contributed by atoms with Crippen molar-refractivity contribution in [3.8, 4) is 5.75 Å². The minimum atomic E-state index is -3.38. The monoisotopic (exact) mass is 284 g/mol. The predicted molar refractivity (Wildman–Crippen MR) is 73.5 cm³/mol. The number of nitrogens with one attached hydrogen (secondary N) is 1. The van der Waals surface area contributed by atoms with Crippen molar-refractivity contribution in [2.24, 2.45) is 5.73 Å². The van der Waals surface area contributed by atoms with Gasteiger partial charge in [-0.05, 0) is 57.0 Å². The molecule has 2 rings (SSSR count). The fourth-order valence-electron chi connectivity index (χ4n) is 2.30. The maximum atomic E-state index is 11.6. The first kappa shape index (κ1) is 14.3. The van der Waals surface area contributed by atoms with Crippen LogP contribution in [0.2, 0.25) is 0 Å². The molecule has 2 unspecified atom stereocenters. The summed E-state index contributed by atoms with van der Waals surface area (Å²) in [6.45, 7) is 0. The number of hydrogen-bond donors (Lipinski definition) is 2. The molecule has 1 fully saturated rings. The summed E-state index contributed by atoms with van der Waals surface area (Å²) >= 11 is 0. The van der Waals surface area contributed by atoms with Gasteiger partial charge in [0.25, 0.3) is 0 Å². The Kier molecular flexibility index (Phi) is 4.44. The van der Waals surface area contributed by atoms with Gasteiger partial charge in [-0.2, -0.15) is 0 Å². The average molecular weight is 284 g/mol. The molecule has 0 bridgehead atoms. The molecule has 2 atom stereocenters. The van der Waals surface area contributed by atoms with Crippen molar-refractivity contribution < 1.29 is 13.2 Å². The molecule has 0 amide bonds. The zero-order chi connectivity index (χ0) is 13.9. The van der Waals surface area contributed by atoms with Crippen LogP contribution in [0.15, 0.2) is 29.2 Å². The summed E-state index contributed by atoms with van der Waals surface area (Å²) in [5, 5.41) is 0. The van der Waals surface area contributed by atoms with Gasteiger partial charge in [-0.3, -0.25) is 0 Å². The highest BCUT2D eigenvalue weighted by molar-refractivity contribution is 7.89. The van der Waals surface area contributed by atoms with Gasteiger partial charge < -0.3 is 10.5 Å². The zero-order valence-corrected chi connectivity index (χ0v) is 11.8. The molecule has 1 aromatic carbocycles. The third-order valence-electron chi connectivity index (χ3n) is 3.37. The number of benzene rings is 1. The molecule has 1 aromatic rings. The summed E-state index contributed by atoms with van der Waals surface area (Å²) < 4.78 is 31.3. The average Bonchev–Trinajstić information content (AvgIpc) is 2.39. The van der Waals surface area contributed by atoms with E-state index >= 15 is 0 Å². The van der Waals surface area contributed by atoms with Crippen molar-refractivity contribution >= 4 is 10.0 Å². The second-order valence-electron chi connectivity index (χ2n) is 4.85. The molecule has 0 spiro atoms. The van der Waals surface area contributed by atoms with E-state index in [1.54, 1.807) is 24.3 Å². The summed E-state index contributed by atoms with van der Waals surface area (Å²) in [6, 6.07) is 6.67. The largest absolute Gasteiger partial charge is 0.490 e. The van der Waals surface area contributed by atoms with E-state index in [4.69, 9.17) is 10.5 Å². The van der Waals surface area contributed by atoms with Crippen LogP contribution >= 0.6 is 0 Å². The maximum absolute atomic E-state index is 11.6. The highest BCUT2D eigenvalue weighted by atomic mass is 32.2. The Morgan fingerprint density at radius 2 is 1.95 bits per heavy atom. The maximum Gasteiger partial charge on any atom is 0.240 e. The predicted octanol–water partition coefficient (Wildman–Crippen LogP) is 1.24. The second-order valence-corrected chi connectivity index (χ2v) is 6.73. The summed E-state index contributed by atoms with van der Waals surface area (Å²) in [5.74, 6) is 0.689. The third-order valence-corrected chi connectivity index (χ3v) is 4.80. The van der Waals surface area contributed by atoms with Crippen molar-refractivity contribution in [2.75, 3.05) is 7.05 Å². The summed E-state index contributed by atoms with van der Waals surface area (Å²) in [6.07, 6.45) is 4.13. The molecule has 0 radical (unpaired) electrons. The van der Waals surface area contributed by atoms with E-state index in [0.29, 0.717) is 5.75 Å². The molecule has 1 aliphatic rings. The van der Waals surface area contributed by atoms with Crippen LogP contribution in [0.25, 0.3) is 0 Å². The zero-order valence-electron chi connectivity index (χ0n) is 11.0. The first-order valence-corrected chi connectivity index (χ1v) is 7.95. The minimum Gasteiger partial charge on any atom is -0.490 e. The van der Waals surface area contributed by atoms with Crippen LogP contribution in [0.5, 0.6) is 5.75 Å². The first-order chi connectivity index (χ1) is 9.01. The Balaban J connectivity index is 2.03. The lowest BCUT2D eigenvalue weighted by molar-refractivity contribution is 0.144. The van der Waals surface area contributed by atoms with E-state index in [2.05, 4.69) is 4.72 Å². The highest BCUT2D eigenvalue weighted by Gasteiger charge is 2.20. The number of nitrogens with two attached hydrogens (primary N) is 1. The van der Waals surface area contributed by atoms with Crippen LogP contribution in [-0.4, -0.2) is 27.6 Å². The SMILES string of the molecule is CNS(=O)(=O)c1ccc(OC2CCCC(N)C2)cc1. The van der Waals surface area contributed by atoms with E-state index in [1.807, 2.05) is 0 Å². The molecule has 0 saturated heterocycles. The van der Waals surface area contributed by atoms with E-state index in [9.17, 15) is 8.42 Å². The van der Waals surface area contributed by atoms with E-state index in [0.717, 1.165) is 25.7 Å². The fourth-order valence-corrected chi connectivity index (χ4v) is 3.03. The number of hydrogen-bond acceptors (Lipinski definition) is 4. The molecule has 0 heterocycles. The molecular weight excluding hydrogens is 264 g/mol. The van der Waals surface area contributed by atoms with Gasteiger partial charge in [-0.1, -0.05) is 0 Å². The molecule has 0 aliphatic heterocycles. The molecule has 0 aromatic heterocycles. The van der Waals surface area contributed by atoms with Gasteiger partial charge in [0.2, 0.25) is 10.0 Å². The molecule has 19 heavy (non-hydrogen) atoms. The van der Waals surface area contributed by atoms with Crippen LogP contribution in [0, 0.1) is 0 Å². The normalized spacial score (nSPS) is 24.1. The van der Waals surface area contributed by atoms with Crippen molar-refractivity contribution in [1.29, 1.82) is 0 Å². The Morgan fingerprint density at radius 1 is 1.26 bits per heavy atom. The van der Waals surface area contributed by atoms with Crippen LogP contribution in [0.3, 0.4) is 0 Å². The Hall–Kier alpha value is -1.11. The molecule has 6 heteroatoms. The minimum absolute atomic E-state index is 0.135. The quantitative estimate of drug-likeness (QED) is 0.871. The van der Waals surface area contributed by atoms with Crippen molar-refractivity contribution in [1.82, 2.24) is 4.72 Å². The van der Waals surface area contributed by atoms with E-state index in [1.165, 1.54) is 7.05 Å². The Bertz CT molecular complexity index is 513.